The number of aliphatic carboxylic acids is 2. The molecule has 0 radical (unpaired) electrons. The molecule has 14 heteroatoms. The summed E-state index contributed by atoms with van der Waals surface area (Å²) in [6, 6.07) is 11.0. The molecule has 1 aliphatic rings. The van der Waals surface area contributed by atoms with Gasteiger partial charge in [0.05, 0.1) is 13.0 Å². The minimum atomic E-state index is -1.68. The Morgan fingerprint density at radius 2 is 1.68 bits per heavy atom. The number of carboxylic acid groups (broad SMARTS) is 2. The van der Waals surface area contributed by atoms with E-state index in [0.717, 1.165) is 22.3 Å². The van der Waals surface area contributed by atoms with Crippen LogP contribution >= 0.6 is 0 Å². The molecule has 0 bridgehead atoms. The average molecular weight is 569 g/mol. The second kappa shape index (κ2) is 14.3. The van der Waals surface area contributed by atoms with Gasteiger partial charge in [-0.1, -0.05) is 42.5 Å². The first kappa shape index (κ1) is 30.4. The maximum atomic E-state index is 12.8. The fourth-order valence-electron chi connectivity index (χ4n) is 4.39. The first-order chi connectivity index (χ1) is 19.5. The van der Waals surface area contributed by atoms with Crippen LogP contribution in [0.2, 0.25) is 0 Å². The number of hydrogen-bond acceptors (Lipinski definition) is 7. The predicted molar refractivity (Wildman–Crippen MR) is 146 cm³/mol. The topological polar surface area (TPSA) is 233 Å². The monoisotopic (exact) mass is 568 g/mol. The highest BCUT2D eigenvalue weighted by Crippen LogP contribution is 2.38. The molecule has 2 unspecified atom stereocenters. The van der Waals surface area contributed by atoms with Crippen LogP contribution in [0.3, 0.4) is 0 Å². The van der Waals surface area contributed by atoms with Crippen molar-refractivity contribution in [3.63, 3.8) is 0 Å². The van der Waals surface area contributed by atoms with Crippen molar-refractivity contribution in [2.75, 3.05) is 13.1 Å². The summed E-state index contributed by atoms with van der Waals surface area (Å²) >= 11 is 0. The molecular formula is C27H32N6O8. The third kappa shape index (κ3) is 8.95. The van der Waals surface area contributed by atoms with Crippen LogP contribution in [0.4, 0.5) is 4.79 Å². The molecule has 0 spiro atoms. The fourth-order valence-corrected chi connectivity index (χ4v) is 4.39. The summed E-state index contributed by atoms with van der Waals surface area (Å²) in [5, 5.41) is 34.5. The molecule has 0 saturated carbocycles. The Kier molecular flexibility index (Phi) is 10.6. The summed E-state index contributed by atoms with van der Waals surface area (Å²) < 4.78 is 5.42. The highest BCUT2D eigenvalue weighted by Gasteiger charge is 2.26. The number of benzene rings is 2. The van der Waals surface area contributed by atoms with Crippen molar-refractivity contribution in [3.05, 3.63) is 59.2 Å². The average Bonchev–Trinajstić information content (AvgIpc) is 3.30. The van der Waals surface area contributed by atoms with E-state index in [1.54, 1.807) is 0 Å². The Morgan fingerprint density at radius 1 is 0.951 bits per heavy atom. The second-order valence-electron chi connectivity index (χ2n) is 9.31. The number of guanidine groups is 1. The van der Waals surface area contributed by atoms with E-state index in [4.69, 9.17) is 26.1 Å². The van der Waals surface area contributed by atoms with E-state index in [1.807, 2.05) is 47.8 Å². The number of carboxylic acids is 2. The molecule has 2 atom stereocenters. The quantitative estimate of drug-likeness (QED) is 0.0751. The van der Waals surface area contributed by atoms with E-state index in [-0.39, 0.29) is 25.5 Å². The zero-order chi connectivity index (χ0) is 29.9. The minimum Gasteiger partial charge on any atom is -0.481 e. The lowest BCUT2D eigenvalue weighted by Crippen LogP contribution is -2.51. The van der Waals surface area contributed by atoms with Crippen LogP contribution in [0.25, 0.3) is 11.1 Å². The molecule has 0 saturated heterocycles. The largest absolute Gasteiger partial charge is 0.481 e. The van der Waals surface area contributed by atoms with Crippen LogP contribution in [0.1, 0.15) is 36.0 Å². The second-order valence-corrected chi connectivity index (χ2v) is 9.31. The summed E-state index contributed by atoms with van der Waals surface area (Å²) in [7, 11) is 0. The molecule has 0 fully saturated rings. The maximum absolute atomic E-state index is 12.8. The van der Waals surface area contributed by atoms with Crippen LogP contribution in [0, 0.1) is 5.41 Å². The summed E-state index contributed by atoms with van der Waals surface area (Å²) in [6.07, 6.45) is -0.595. The number of carbonyl (C=O) groups is 5. The standard InChI is InChI=1S/C27H32N6O8/c28-26(29)30-10-4-9-20(24(37)31-13-22(34)32-21(25(38)39)12-23(35)36)33-27(40)41-14-16-6-3-8-18-17-7-2-1-5-15(17)11-19(16)18/h1-3,5-8,20-21H,4,9-14H2,(H,31,37)(H,32,34)(H,33,40)(H,35,36)(H,38,39)(H4,28,29,30). The van der Waals surface area contributed by atoms with Gasteiger partial charge in [-0.2, -0.15) is 0 Å². The Balaban J connectivity index is 1.58. The lowest BCUT2D eigenvalue weighted by molar-refractivity contribution is -0.147. The van der Waals surface area contributed by atoms with Gasteiger partial charge in [0.25, 0.3) is 0 Å². The van der Waals surface area contributed by atoms with Crippen molar-refractivity contribution in [3.8, 4) is 11.1 Å². The number of rotatable bonds is 14. The Bertz CT molecular complexity index is 1330. The number of alkyl carbamates (subject to hydrolysis) is 1. The Hall–Kier alpha value is -5.14. The highest BCUT2D eigenvalue weighted by atomic mass is 16.5. The molecule has 0 heterocycles. The lowest BCUT2D eigenvalue weighted by atomic mass is 10.0. The number of fused-ring (bicyclic) bond motifs is 3. The zero-order valence-electron chi connectivity index (χ0n) is 22.1. The fraction of sp³-hybridized carbons (Fsp3) is 0.333. The smallest absolute Gasteiger partial charge is 0.408 e. The first-order valence-electron chi connectivity index (χ1n) is 12.8. The van der Waals surface area contributed by atoms with E-state index < -0.39 is 54.9 Å². The highest BCUT2D eigenvalue weighted by molar-refractivity contribution is 5.91. The van der Waals surface area contributed by atoms with Gasteiger partial charge in [-0.25, -0.2) is 9.59 Å². The van der Waals surface area contributed by atoms with E-state index in [2.05, 4.69) is 16.0 Å². The van der Waals surface area contributed by atoms with Gasteiger partial charge in [0.15, 0.2) is 5.96 Å². The van der Waals surface area contributed by atoms with Gasteiger partial charge in [-0.15, -0.1) is 0 Å². The van der Waals surface area contributed by atoms with Crippen molar-refractivity contribution in [2.24, 2.45) is 5.73 Å². The molecular weight excluding hydrogens is 536 g/mol. The van der Waals surface area contributed by atoms with Crippen molar-refractivity contribution in [2.45, 2.75) is 44.4 Å². The number of ether oxygens (including phenoxy) is 1. The van der Waals surface area contributed by atoms with Crippen LogP contribution in [-0.2, 0) is 36.9 Å². The van der Waals surface area contributed by atoms with Gasteiger partial charge in [0.1, 0.15) is 18.7 Å². The van der Waals surface area contributed by atoms with Crippen molar-refractivity contribution >= 4 is 35.8 Å². The summed E-state index contributed by atoms with van der Waals surface area (Å²) in [5.74, 6) is -4.90. The number of carbonyl (C=O) groups excluding carboxylic acids is 3. The third-order valence-electron chi connectivity index (χ3n) is 6.34. The minimum absolute atomic E-state index is 0.0359. The van der Waals surface area contributed by atoms with Crippen molar-refractivity contribution in [1.82, 2.24) is 21.3 Å². The van der Waals surface area contributed by atoms with Crippen LogP contribution in [-0.4, -0.2) is 71.2 Å². The number of hydrogen-bond donors (Lipinski definition) is 8. The maximum Gasteiger partial charge on any atom is 0.408 e. The van der Waals surface area contributed by atoms with Gasteiger partial charge in [-0.3, -0.25) is 19.8 Å². The number of nitrogens with one attached hydrogen (secondary N) is 5. The van der Waals surface area contributed by atoms with E-state index >= 15 is 0 Å². The molecule has 1 aliphatic carbocycles. The Morgan fingerprint density at radius 3 is 2.39 bits per heavy atom. The molecule has 2 aromatic rings. The van der Waals surface area contributed by atoms with Crippen molar-refractivity contribution < 1.29 is 38.9 Å². The van der Waals surface area contributed by atoms with Crippen LogP contribution in [0.15, 0.2) is 42.5 Å². The van der Waals surface area contributed by atoms with E-state index in [0.29, 0.717) is 12.8 Å². The molecule has 9 N–H and O–H groups in total. The molecule has 0 aromatic heterocycles. The summed E-state index contributed by atoms with van der Waals surface area (Å²) in [5.41, 5.74) is 10.5. The molecule has 3 rings (SSSR count). The predicted octanol–water partition coefficient (Wildman–Crippen LogP) is 0.276. The van der Waals surface area contributed by atoms with Gasteiger partial charge in [0.2, 0.25) is 11.8 Å². The van der Waals surface area contributed by atoms with E-state index in [9.17, 15) is 24.0 Å². The first-order valence-corrected chi connectivity index (χ1v) is 12.8. The zero-order valence-corrected chi connectivity index (χ0v) is 22.1. The molecule has 218 valence electrons. The normalized spacial score (nSPS) is 12.6. The lowest BCUT2D eigenvalue weighted by Gasteiger charge is -2.19. The van der Waals surface area contributed by atoms with Gasteiger partial charge >= 0.3 is 18.0 Å². The van der Waals surface area contributed by atoms with Gasteiger partial charge in [-0.05, 0) is 47.1 Å². The van der Waals surface area contributed by atoms with Crippen molar-refractivity contribution in [1.29, 1.82) is 5.41 Å². The summed E-state index contributed by atoms with van der Waals surface area (Å²) in [6.45, 7) is -0.452. The molecule has 3 amide bonds. The van der Waals surface area contributed by atoms with Crippen LogP contribution in [0.5, 0.6) is 0 Å². The Labute approximate surface area is 235 Å². The third-order valence-corrected chi connectivity index (χ3v) is 6.34. The molecule has 41 heavy (non-hydrogen) atoms. The van der Waals surface area contributed by atoms with E-state index in [1.165, 1.54) is 5.56 Å². The molecule has 0 aliphatic heterocycles. The van der Waals surface area contributed by atoms with Gasteiger partial charge < -0.3 is 42.0 Å². The SMILES string of the molecule is N=C(N)NCCCC(NC(=O)OCc1cccc2c1Cc1ccccc1-2)C(=O)NCC(=O)NC(CC(=O)O)C(=O)O. The van der Waals surface area contributed by atoms with Gasteiger partial charge in [0, 0.05) is 6.54 Å². The number of amides is 3. The molecule has 2 aromatic carbocycles. The summed E-state index contributed by atoms with van der Waals surface area (Å²) in [4.78, 5) is 59.6. The van der Waals surface area contributed by atoms with Crippen LogP contribution < -0.4 is 27.0 Å². The number of nitrogens with two attached hydrogens (primary N) is 1. The molecule has 14 nitrogen and oxygen atoms in total.